The summed E-state index contributed by atoms with van der Waals surface area (Å²) in [7, 11) is 0. The molecule has 1 amide bonds. The van der Waals surface area contributed by atoms with Crippen molar-refractivity contribution in [3.8, 4) is 11.1 Å². The minimum Gasteiger partial charge on any atom is -0.348 e. The van der Waals surface area contributed by atoms with Crippen molar-refractivity contribution in [1.29, 1.82) is 0 Å². The largest absolute Gasteiger partial charge is 0.348 e. The van der Waals surface area contributed by atoms with E-state index in [-0.39, 0.29) is 11.7 Å². The Hall–Kier alpha value is -2.68. The van der Waals surface area contributed by atoms with Crippen molar-refractivity contribution in [1.82, 2.24) is 5.32 Å². The number of halogens is 1. The maximum Gasteiger partial charge on any atom is 0.251 e. The number of hydrogen-bond acceptors (Lipinski definition) is 1. The first kappa shape index (κ1) is 12.1. The van der Waals surface area contributed by atoms with E-state index in [1.54, 1.807) is 12.1 Å². The van der Waals surface area contributed by atoms with Gasteiger partial charge >= 0.3 is 0 Å². The molecule has 1 heterocycles. The average molecular weight is 277 g/mol. The van der Waals surface area contributed by atoms with Gasteiger partial charge in [0, 0.05) is 12.1 Å². The van der Waals surface area contributed by atoms with Gasteiger partial charge in [0.15, 0.2) is 0 Å². The van der Waals surface area contributed by atoms with Crippen molar-refractivity contribution >= 4 is 16.7 Å². The van der Waals surface area contributed by atoms with Gasteiger partial charge in [0.2, 0.25) is 0 Å². The molecule has 4 rings (SSSR count). The molecule has 1 aliphatic rings. The molecule has 3 aromatic carbocycles. The Labute approximate surface area is 121 Å². The Balaban J connectivity index is 2.07. The van der Waals surface area contributed by atoms with E-state index in [1.165, 1.54) is 12.1 Å². The van der Waals surface area contributed by atoms with Crippen molar-refractivity contribution in [2.75, 3.05) is 0 Å². The predicted octanol–water partition coefficient (Wildman–Crippen LogP) is 3.89. The van der Waals surface area contributed by atoms with Crippen molar-refractivity contribution < 1.29 is 9.18 Å². The molecule has 3 aromatic rings. The van der Waals surface area contributed by atoms with Crippen LogP contribution in [0.3, 0.4) is 0 Å². The van der Waals surface area contributed by atoms with Crippen LogP contribution in [-0.4, -0.2) is 5.91 Å². The zero-order valence-corrected chi connectivity index (χ0v) is 11.2. The molecule has 102 valence electrons. The standard InChI is InChI=1S/C18H12FNO/c19-12-7-5-11(6-8-12)15-9-16-17(10-20-18(16)21)14-4-2-1-3-13(14)15/h1-9H,10H2,(H,20,21). The molecule has 0 spiro atoms. The van der Waals surface area contributed by atoms with Crippen molar-refractivity contribution in [2.45, 2.75) is 6.54 Å². The highest BCUT2D eigenvalue weighted by molar-refractivity contribution is 6.09. The maximum absolute atomic E-state index is 13.1. The highest BCUT2D eigenvalue weighted by atomic mass is 19.1. The van der Waals surface area contributed by atoms with Crippen LogP contribution in [0.15, 0.2) is 54.6 Å². The maximum atomic E-state index is 13.1. The lowest BCUT2D eigenvalue weighted by atomic mass is 9.92. The lowest BCUT2D eigenvalue weighted by Gasteiger charge is -2.10. The summed E-state index contributed by atoms with van der Waals surface area (Å²) in [4.78, 5) is 12.0. The van der Waals surface area contributed by atoms with Crippen LogP contribution in [0.1, 0.15) is 15.9 Å². The summed E-state index contributed by atoms with van der Waals surface area (Å²) in [5.74, 6) is -0.305. The van der Waals surface area contributed by atoms with E-state index >= 15 is 0 Å². The Morgan fingerprint density at radius 1 is 0.905 bits per heavy atom. The third kappa shape index (κ3) is 1.82. The summed E-state index contributed by atoms with van der Waals surface area (Å²) in [6.45, 7) is 0.568. The number of fused-ring (bicyclic) bond motifs is 3. The number of benzene rings is 3. The van der Waals surface area contributed by atoms with Gasteiger partial charge in [-0.2, -0.15) is 0 Å². The second-order valence-corrected chi connectivity index (χ2v) is 5.19. The van der Waals surface area contributed by atoms with Gasteiger partial charge in [-0.1, -0.05) is 36.4 Å². The van der Waals surface area contributed by atoms with Crippen molar-refractivity contribution in [2.24, 2.45) is 0 Å². The third-order valence-electron chi connectivity index (χ3n) is 3.98. The summed E-state index contributed by atoms with van der Waals surface area (Å²) in [6, 6.07) is 16.3. The molecule has 0 aliphatic carbocycles. The molecule has 0 atom stereocenters. The second kappa shape index (κ2) is 4.42. The molecule has 3 heteroatoms. The van der Waals surface area contributed by atoms with Gasteiger partial charge in [-0.05, 0) is 45.7 Å². The lowest BCUT2D eigenvalue weighted by Crippen LogP contribution is -2.12. The van der Waals surface area contributed by atoms with Crippen LogP contribution in [0.2, 0.25) is 0 Å². The fourth-order valence-electron chi connectivity index (χ4n) is 2.96. The zero-order chi connectivity index (χ0) is 14.4. The predicted molar refractivity (Wildman–Crippen MR) is 80.5 cm³/mol. The van der Waals surface area contributed by atoms with Gasteiger partial charge in [0.25, 0.3) is 5.91 Å². The molecular weight excluding hydrogens is 265 g/mol. The van der Waals surface area contributed by atoms with Gasteiger partial charge in [-0.15, -0.1) is 0 Å². The van der Waals surface area contributed by atoms with Gasteiger partial charge in [0.05, 0.1) is 0 Å². The minimum absolute atomic E-state index is 0.0425. The van der Waals surface area contributed by atoms with Gasteiger partial charge in [0.1, 0.15) is 5.82 Å². The van der Waals surface area contributed by atoms with Crippen LogP contribution in [-0.2, 0) is 6.54 Å². The molecule has 0 aromatic heterocycles. The number of rotatable bonds is 1. The molecule has 21 heavy (non-hydrogen) atoms. The van der Waals surface area contributed by atoms with Gasteiger partial charge in [-0.3, -0.25) is 4.79 Å². The number of nitrogens with one attached hydrogen (secondary N) is 1. The van der Waals surface area contributed by atoms with Crippen LogP contribution in [0.4, 0.5) is 4.39 Å². The number of hydrogen-bond donors (Lipinski definition) is 1. The third-order valence-corrected chi connectivity index (χ3v) is 3.98. The highest BCUT2D eigenvalue weighted by Gasteiger charge is 2.23. The van der Waals surface area contributed by atoms with Crippen LogP contribution in [0.25, 0.3) is 21.9 Å². The molecule has 0 bridgehead atoms. The molecule has 0 radical (unpaired) electrons. The molecule has 0 fully saturated rings. The quantitative estimate of drug-likeness (QED) is 0.718. The van der Waals surface area contributed by atoms with E-state index in [4.69, 9.17) is 0 Å². The van der Waals surface area contributed by atoms with Gasteiger partial charge in [-0.25, -0.2) is 4.39 Å². The summed E-state index contributed by atoms with van der Waals surface area (Å²) >= 11 is 0. The second-order valence-electron chi connectivity index (χ2n) is 5.19. The van der Waals surface area contributed by atoms with E-state index in [9.17, 15) is 9.18 Å². The Morgan fingerprint density at radius 2 is 1.62 bits per heavy atom. The van der Waals surface area contributed by atoms with Gasteiger partial charge < -0.3 is 5.32 Å². The fourth-order valence-corrected chi connectivity index (χ4v) is 2.96. The first-order valence-electron chi connectivity index (χ1n) is 6.83. The van der Waals surface area contributed by atoms with E-state index in [2.05, 4.69) is 5.32 Å². The molecule has 1 N–H and O–H groups in total. The van der Waals surface area contributed by atoms with E-state index in [0.29, 0.717) is 12.1 Å². The summed E-state index contributed by atoms with van der Waals surface area (Å²) in [6.07, 6.45) is 0. The monoisotopic (exact) mass is 277 g/mol. The van der Waals surface area contributed by atoms with Crippen LogP contribution >= 0.6 is 0 Å². The first-order valence-corrected chi connectivity index (χ1v) is 6.83. The Bertz CT molecular complexity index is 868. The van der Waals surface area contributed by atoms with E-state index in [1.807, 2.05) is 30.3 Å². The molecule has 2 nitrogen and oxygen atoms in total. The molecular formula is C18H12FNO. The zero-order valence-electron chi connectivity index (χ0n) is 11.2. The Morgan fingerprint density at radius 3 is 2.38 bits per heavy atom. The first-order chi connectivity index (χ1) is 10.2. The normalized spacial score (nSPS) is 13.3. The van der Waals surface area contributed by atoms with Crippen molar-refractivity contribution in [3.63, 3.8) is 0 Å². The lowest BCUT2D eigenvalue weighted by molar-refractivity contribution is 0.0966. The Kier molecular flexibility index (Phi) is 2.54. The average Bonchev–Trinajstić information content (AvgIpc) is 2.89. The number of carbonyl (C=O) groups excluding carboxylic acids is 1. The van der Waals surface area contributed by atoms with Crippen LogP contribution in [0, 0.1) is 5.82 Å². The van der Waals surface area contributed by atoms with Crippen LogP contribution < -0.4 is 5.32 Å². The summed E-state index contributed by atoms with van der Waals surface area (Å²) in [5.41, 5.74) is 3.63. The van der Waals surface area contributed by atoms with Crippen LogP contribution in [0.5, 0.6) is 0 Å². The molecule has 1 aliphatic heterocycles. The summed E-state index contributed by atoms with van der Waals surface area (Å²) in [5, 5.41) is 5.03. The molecule has 0 saturated carbocycles. The van der Waals surface area contributed by atoms with E-state index in [0.717, 1.165) is 27.5 Å². The number of amides is 1. The molecule has 0 saturated heterocycles. The summed E-state index contributed by atoms with van der Waals surface area (Å²) < 4.78 is 13.1. The van der Waals surface area contributed by atoms with Crippen molar-refractivity contribution in [3.05, 3.63) is 71.5 Å². The van der Waals surface area contributed by atoms with E-state index < -0.39 is 0 Å². The fraction of sp³-hybridized carbons (Fsp3) is 0.0556. The smallest absolute Gasteiger partial charge is 0.251 e. The molecule has 0 unspecified atom stereocenters. The highest BCUT2D eigenvalue weighted by Crippen LogP contribution is 2.35. The number of carbonyl (C=O) groups is 1. The SMILES string of the molecule is O=C1NCc2c1cc(-c1ccc(F)cc1)c1ccccc21. The topological polar surface area (TPSA) is 29.1 Å². The minimum atomic E-state index is -0.262.